The smallest absolute Gasteiger partial charge is 0.333 e. The van der Waals surface area contributed by atoms with E-state index < -0.39 is 0 Å². The first-order valence-corrected chi connectivity index (χ1v) is 7.19. The van der Waals surface area contributed by atoms with Crippen LogP contribution >= 0.6 is 0 Å². The van der Waals surface area contributed by atoms with Gasteiger partial charge in [0.05, 0.1) is 12.9 Å². The summed E-state index contributed by atoms with van der Waals surface area (Å²) in [7, 11) is 0. The lowest BCUT2D eigenvalue weighted by atomic mass is 10.2. The molecule has 0 saturated heterocycles. The van der Waals surface area contributed by atoms with Gasteiger partial charge in [-0.05, 0) is 45.2 Å². The van der Waals surface area contributed by atoms with E-state index >= 15 is 0 Å². The van der Waals surface area contributed by atoms with Crippen molar-refractivity contribution >= 4 is 11.9 Å². The monoisotopic (exact) mass is 306 g/mol. The number of carbonyl (C=O) groups is 2. The first-order valence-electron chi connectivity index (χ1n) is 7.19. The number of allylic oxidation sites excluding steroid dienone is 1. The summed E-state index contributed by atoms with van der Waals surface area (Å²) < 4.78 is 15.2. The van der Waals surface area contributed by atoms with Crippen LogP contribution in [0.5, 0.6) is 0 Å². The zero-order chi connectivity index (χ0) is 16.4. The maximum atomic E-state index is 11.7. The number of furan rings is 1. The van der Waals surface area contributed by atoms with Crippen LogP contribution in [0.1, 0.15) is 38.9 Å². The van der Waals surface area contributed by atoms with Crippen molar-refractivity contribution in [2.75, 3.05) is 6.61 Å². The number of hydrogen-bond donors (Lipinski definition) is 0. The predicted molar refractivity (Wildman–Crippen MR) is 81.9 cm³/mol. The minimum atomic E-state index is -0.367. The molecule has 0 fully saturated rings. The minimum absolute atomic E-state index is 0.133. The van der Waals surface area contributed by atoms with Gasteiger partial charge in [-0.1, -0.05) is 12.7 Å². The number of ether oxygens (including phenoxy) is 2. The van der Waals surface area contributed by atoms with E-state index in [-0.39, 0.29) is 18.5 Å². The second-order valence-corrected chi connectivity index (χ2v) is 4.95. The highest BCUT2D eigenvalue weighted by molar-refractivity contribution is 5.87. The van der Waals surface area contributed by atoms with Crippen molar-refractivity contribution in [3.8, 4) is 0 Å². The summed E-state index contributed by atoms with van der Waals surface area (Å²) in [5, 5.41) is 0. The van der Waals surface area contributed by atoms with E-state index in [9.17, 15) is 9.59 Å². The van der Waals surface area contributed by atoms with Gasteiger partial charge in [0.25, 0.3) is 0 Å². The van der Waals surface area contributed by atoms with Crippen molar-refractivity contribution in [1.82, 2.24) is 0 Å². The van der Waals surface area contributed by atoms with Crippen molar-refractivity contribution in [3.05, 3.63) is 48.0 Å². The van der Waals surface area contributed by atoms with Gasteiger partial charge >= 0.3 is 11.9 Å². The van der Waals surface area contributed by atoms with Gasteiger partial charge < -0.3 is 13.9 Å². The fourth-order valence-corrected chi connectivity index (χ4v) is 1.58. The first-order chi connectivity index (χ1) is 10.5. The molecule has 0 unspecified atom stereocenters. The highest BCUT2D eigenvalue weighted by Crippen LogP contribution is 2.07. The standard InChI is InChI=1S/C17H22O5/c1-13(2)16(18)21-10-6-4-5-8-14(3)17(19)22-12-15-9-7-11-20-15/h7-9,11H,1,4-6,10,12H2,2-3H3. The van der Waals surface area contributed by atoms with E-state index in [1.54, 1.807) is 26.0 Å². The predicted octanol–water partition coefficient (Wildman–Crippen LogP) is 3.56. The second-order valence-electron chi connectivity index (χ2n) is 4.95. The molecule has 0 saturated carbocycles. The Morgan fingerprint density at radius 2 is 2.00 bits per heavy atom. The molecule has 0 spiro atoms. The lowest BCUT2D eigenvalue weighted by Gasteiger charge is -2.04. The Balaban J connectivity index is 2.15. The molecule has 0 aromatic carbocycles. The van der Waals surface area contributed by atoms with Gasteiger partial charge in [-0.25, -0.2) is 9.59 Å². The van der Waals surface area contributed by atoms with E-state index in [1.807, 2.05) is 6.08 Å². The quantitative estimate of drug-likeness (QED) is 0.396. The van der Waals surface area contributed by atoms with Crippen molar-refractivity contribution in [3.63, 3.8) is 0 Å². The van der Waals surface area contributed by atoms with Crippen LogP contribution in [0.4, 0.5) is 0 Å². The molecule has 0 amide bonds. The molecule has 1 rings (SSSR count). The summed E-state index contributed by atoms with van der Waals surface area (Å²) in [5.74, 6) is -0.112. The molecule has 0 aliphatic heterocycles. The minimum Gasteiger partial charge on any atom is -0.466 e. The van der Waals surface area contributed by atoms with E-state index in [1.165, 1.54) is 6.26 Å². The third-order valence-electron chi connectivity index (χ3n) is 2.88. The largest absolute Gasteiger partial charge is 0.466 e. The van der Waals surface area contributed by atoms with Crippen LogP contribution in [0.2, 0.25) is 0 Å². The Hall–Kier alpha value is -2.30. The molecule has 0 bridgehead atoms. The maximum Gasteiger partial charge on any atom is 0.333 e. The van der Waals surface area contributed by atoms with Gasteiger partial charge in [-0.2, -0.15) is 0 Å². The maximum absolute atomic E-state index is 11.7. The van der Waals surface area contributed by atoms with Gasteiger partial charge in [-0.15, -0.1) is 0 Å². The summed E-state index contributed by atoms with van der Waals surface area (Å²) in [6, 6.07) is 3.49. The van der Waals surface area contributed by atoms with Crippen molar-refractivity contribution < 1.29 is 23.5 Å². The molecule has 0 N–H and O–H groups in total. The average molecular weight is 306 g/mol. The summed E-state index contributed by atoms with van der Waals surface area (Å²) in [6.45, 7) is 7.33. The molecule has 0 aliphatic rings. The molecular weight excluding hydrogens is 284 g/mol. The van der Waals surface area contributed by atoms with Gasteiger partial charge in [0, 0.05) is 11.1 Å². The summed E-state index contributed by atoms with van der Waals surface area (Å²) >= 11 is 0. The molecular formula is C17H22O5. The van der Waals surface area contributed by atoms with Crippen LogP contribution in [-0.2, 0) is 25.7 Å². The topological polar surface area (TPSA) is 65.7 Å². The van der Waals surface area contributed by atoms with Crippen LogP contribution in [0, 0.1) is 0 Å². The Morgan fingerprint density at radius 1 is 1.23 bits per heavy atom. The van der Waals surface area contributed by atoms with Gasteiger partial charge in [0.2, 0.25) is 0 Å². The molecule has 1 aromatic heterocycles. The number of unbranched alkanes of at least 4 members (excludes halogenated alkanes) is 2. The molecule has 0 aliphatic carbocycles. The molecule has 120 valence electrons. The van der Waals surface area contributed by atoms with Crippen molar-refractivity contribution in [2.24, 2.45) is 0 Å². The lowest BCUT2D eigenvalue weighted by Crippen LogP contribution is -2.06. The van der Waals surface area contributed by atoms with Crippen LogP contribution in [0.3, 0.4) is 0 Å². The molecule has 22 heavy (non-hydrogen) atoms. The van der Waals surface area contributed by atoms with Crippen LogP contribution in [0.25, 0.3) is 0 Å². The molecule has 1 aromatic rings. The second kappa shape index (κ2) is 9.60. The first kappa shape index (κ1) is 17.8. The molecule has 5 nitrogen and oxygen atoms in total. The van der Waals surface area contributed by atoms with Gasteiger partial charge in [0.15, 0.2) is 0 Å². The molecule has 0 atom stereocenters. The highest BCUT2D eigenvalue weighted by atomic mass is 16.5. The highest BCUT2D eigenvalue weighted by Gasteiger charge is 2.07. The third-order valence-corrected chi connectivity index (χ3v) is 2.88. The molecule has 1 heterocycles. The number of carbonyl (C=O) groups excluding carboxylic acids is 2. The number of esters is 2. The Bertz CT molecular complexity index is 525. The van der Waals surface area contributed by atoms with Gasteiger partial charge in [0.1, 0.15) is 12.4 Å². The molecule has 5 heteroatoms. The summed E-state index contributed by atoms with van der Waals surface area (Å²) in [4.78, 5) is 22.9. The van der Waals surface area contributed by atoms with E-state index in [0.717, 1.165) is 19.3 Å². The van der Waals surface area contributed by atoms with Crippen LogP contribution < -0.4 is 0 Å². The zero-order valence-corrected chi connectivity index (χ0v) is 13.1. The third kappa shape index (κ3) is 6.92. The Kier molecular flexibility index (Phi) is 7.75. The zero-order valence-electron chi connectivity index (χ0n) is 13.1. The SMILES string of the molecule is C=C(C)C(=O)OCCCCC=C(C)C(=O)OCc1ccco1. The van der Waals surface area contributed by atoms with Crippen LogP contribution in [0.15, 0.2) is 46.6 Å². The van der Waals surface area contributed by atoms with Crippen LogP contribution in [-0.4, -0.2) is 18.5 Å². The summed E-state index contributed by atoms with van der Waals surface area (Å²) in [5.41, 5.74) is 0.959. The van der Waals surface area contributed by atoms with E-state index in [0.29, 0.717) is 23.5 Å². The van der Waals surface area contributed by atoms with E-state index in [4.69, 9.17) is 13.9 Å². The Labute approximate surface area is 130 Å². The summed E-state index contributed by atoms with van der Waals surface area (Å²) in [6.07, 6.45) is 5.65. The Morgan fingerprint density at radius 3 is 2.64 bits per heavy atom. The number of hydrogen-bond acceptors (Lipinski definition) is 5. The van der Waals surface area contributed by atoms with Crippen molar-refractivity contribution in [2.45, 2.75) is 39.7 Å². The average Bonchev–Trinajstić information content (AvgIpc) is 3.00. The fourth-order valence-electron chi connectivity index (χ4n) is 1.58. The van der Waals surface area contributed by atoms with Crippen molar-refractivity contribution in [1.29, 1.82) is 0 Å². The lowest BCUT2D eigenvalue weighted by molar-refractivity contribution is -0.141. The van der Waals surface area contributed by atoms with Gasteiger partial charge in [-0.3, -0.25) is 0 Å². The van der Waals surface area contributed by atoms with E-state index in [2.05, 4.69) is 6.58 Å². The number of rotatable bonds is 9. The normalized spacial score (nSPS) is 11.1. The molecule has 0 radical (unpaired) electrons. The fraction of sp³-hybridized carbons (Fsp3) is 0.412.